The Labute approximate surface area is 114 Å². The molecule has 0 saturated heterocycles. The third-order valence-corrected chi connectivity index (χ3v) is 2.83. The van der Waals surface area contributed by atoms with Crippen molar-refractivity contribution in [2.24, 2.45) is 0 Å². The molecule has 0 spiro atoms. The van der Waals surface area contributed by atoms with Crippen LogP contribution >= 0.6 is 0 Å². The molecule has 1 N–H and O–H groups in total. The van der Waals surface area contributed by atoms with E-state index in [-0.39, 0.29) is 0 Å². The van der Waals surface area contributed by atoms with E-state index in [1.807, 2.05) is 30.3 Å². The van der Waals surface area contributed by atoms with Crippen molar-refractivity contribution in [2.75, 3.05) is 11.9 Å². The van der Waals surface area contributed by atoms with Gasteiger partial charge in [0.25, 0.3) is 0 Å². The van der Waals surface area contributed by atoms with E-state index in [1.54, 1.807) is 6.20 Å². The van der Waals surface area contributed by atoms with E-state index in [9.17, 15) is 0 Å². The minimum Gasteiger partial charge on any atom is -0.494 e. The van der Waals surface area contributed by atoms with Crippen LogP contribution in [0.25, 0.3) is 0 Å². The van der Waals surface area contributed by atoms with E-state index in [1.165, 1.54) is 5.56 Å². The Morgan fingerprint density at radius 2 is 1.95 bits per heavy atom. The summed E-state index contributed by atoms with van der Waals surface area (Å²) in [6.07, 6.45) is 4.04. The highest BCUT2D eigenvalue weighted by Gasteiger charge is 1.96. The number of anilines is 1. The van der Waals surface area contributed by atoms with Crippen LogP contribution in [-0.4, -0.2) is 11.6 Å². The number of unbranched alkanes of at least 4 members (excludes halogenated alkanes) is 1. The van der Waals surface area contributed by atoms with E-state index in [0.717, 1.165) is 37.6 Å². The summed E-state index contributed by atoms with van der Waals surface area (Å²) in [5.41, 5.74) is 1.22. The van der Waals surface area contributed by atoms with Crippen LogP contribution in [0, 0.1) is 0 Å². The largest absolute Gasteiger partial charge is 0.494 e. The number of rotatable bonds is 7. The van der Waals surface area contributed by atoms with Gasteiger partial charge in [0.1, 0.15) is 11.6 Å². The first kappa shape index (κ1) is 13.4. The normalized spacial score (nSPS) is 10.2. The summed E-state index contributed by atoms with van der Waals surface area (Å²) < 4.78 is 5.63. The van der Waals surface area contributed by atoms with E-state index in [4.69, 9.17) is 4.74 Å². The smallest absolute Gasteiger partial charge is 0.126 e. The van der Waals surface area contributed by atoms with Gasteiger partial charge in [0.2, 0.25) is 0 Å². The first-order chi connectivity index (χ1) is 9.38. The summed E-state index contributed by atoms with van der Waals surface area (Å²) in [5.74, 6) is 1.83. The van der Waals surface area contributed by atoms with Gasteiger partial charge in [0, 0.05) is 12.7 Å². The number of ether oxygens (including phenoxy) is 1. The molecule has 2 aromatic rings. The molecule has 0 fully saturated rings. The number of nitrogens with zero attached hydrogens (tertiary/aromatic N) is 1. The fourth-order valence-corrected chi connectivity index (χ4v) is 1.70. The molecule has 0 bridgehead atoms. The Morgan fingerprint density at radius 3 is 2.63 bits per heavy atom. The van der Waals surface area contributed by atoms with Crippen LogP contribution in [0.2, 0.25) is 0 Å². The van der Waals surface area contributed by atoms with Crippen LogP contribution in [0.5, 0.6) is 5.75 Å². The van der Waals surface area contributed by atoms with Gasteiger partial charge in [-0.1, -0.05) is 31.5 Å². The highest BCUT2D eigenvalue weighted by Crippen LogP contribution is 2.13. The predicted molar refractivity (Wildman–Crippen MR) is 78.4 cm³/mol. The molecule has 0 saturated carbocycles. The predicted octanol–water partition coefficient (Wildman–Crippen LogP) is 3.87. The van der Waals surface area contributed by atoms with Gasteiger partial charge in [0.15, 0.2) is 0 Å². The molecule has 0 unspecified atom stereocenters. The highest BCUT2D eigenvalue weighted by molar-refractivity contribution is 5.35. The fraction of sp³-hybridized carbons (Fsp3) is 0.312. The third kappa shape index (κ3) is 4.62. The molecular weight excluding hydrogens is 236 g/mol. The first-order valence-corrected chi connectivity index (χ1v) is 6.75. The zero-order valence-corrected chi connectivity index (χ0v) is 11.3. The van der Waals surface area contributed by atoms with Crippen molar-refractivity contribution in [1.29, 1.82) is 0 Å². The van der Waals surface area contributed by atoms with Crippen LogP contribution in [0.1, 0.15) is 25.3 Å². The topological polar surface area (TPSA) is 34.1 Å². The van der Waals surface area contributed by atoms with E-state index in [2.05, 4.69) is 29.4 Å². The molecular formula is C16H20N2O. The lowest BCUT2D eigenvalue weighted by molar-refractivity contribution is 0.309. The monoisotopic (exact) mass is 256 g/mol. The van der Waals surface area contributed by atoms with Crippen molar-refractivity contribution < 1.29 is 4.74 Å². The molecule has 1 aromatic heterocycles. The van der Waals surface area contributed by atoms with E-state index >= 15 is 0 Å². The van der Waals surface area contributed by atoms with Gasteiger partial charge in [-0.15, -0.1) is 0 Å². The second-order valence-corrected chi connectivity index (χ2v) is 4.41. The van der Waals surface area contributed by atoms with Crippen molar-refractivity contribution >= 4 is 5.82 Å². The average Bonchev–Trinajstić information content (AvgIpc) is 2.48. The lowest BCUT2D eigenvalue weighted by Crippen LogP contribution is -2.01. The molecule has 0 aliphatic rings. The first-order valence-electron chi connectivity index (χ1n) is 6.75. The lowest BCUT2D eigenvalue weighted by atomic mass is 10.2. The van der Waals surface area contributed by atoms with Crippen molar-refractivity contribution in [2.45, 2.75) is 26.3 Å². The Hall–Kier alpha value is -2.03. The summed E-state index contributed by atoms with van der Waals surface area (Å²) in [6, 6.07) is 14.0. The maximum atomic E-state index is 5.63. The lowest BCUT2D eigenvalue weighted by Gasteiger charge is -2.08. The number of benzene rings is 1. The van der Waals surface area contributed by atoms with Gasteiger partial charge in [0.05, 0.1) is 6.61 Å². The standard InChI is InChI=1S/C16H20N2O/c1-2-3-12-19-15-9-7-14(8-10-15)13-18-16-6-4-5-11-17-16/h4-11H,2-3,12-13H2,1H3,(H,17,18). The highest BCUT2D eigenvalue weighted by atomic mass is 16.5. The molecule has 0 atom stereocenters. The van der Waals surface area contributed by atoms with Crippen LogP contribution in [0.4, 0.5) is 5.82 Å². The third-order valence-electron chi connectivity index (χ3n) is 2.83. The number of aromatic nitrogens is 1. The maximum Gasteiger partial charge on any atom is 0.126 e. The molecule has 19 heavy (non-hydrogen) atoms. The summed E-state index contributed by atoms with van der Waals surface area (Å²) in [7, 11) is 0. The molecule has 1 heterocycles. The van der Waals surface area contributed by atoms with Crippen LogP contribution in [0.3, 0.4) is 0 Å². The second-order valence-electron chi connectivity index (χ2n) is 4.41. The van der Waals surface area contributed by atoms with Crippen LogP contribution in [0.15, 0.2) is 48.7 Å². The fourth-order valence-electron chi connectivity index (χ4n) is 1.70. The number of hydrogen-bond donors (Lipinski definition) is 1. The van der Waals surface area contributed by atoms with E-state index < -0.39 is 0 Å². The molecule has 100 valence electrons. The molecule has 0 aliphatic heterocycles. The molecule has 3 nitrogen and oxygen atoms in total. The average molecular weight is 256 g/mol. The SMILES string of the molecule is CCCCOc1ccc(CNc2ccccn2)cc1. The number of pyridine rings is 1. The van der Waals surface area contributed by atoms with Gasteiger partial charge in [-0.2, -0.15) is 0 Å². The van der Waals surface area contributed by atoms with Gasteiger partial charge < -0.3 is 10.1 Å². The Balaban J connectivity index is 1.81. The van der Waals surface area contributed by atoms with Gasteiger partial charge >= 0.3 is 0 Å². The van der Waals surface area contributed by atoms with Crippen molar-refractivity contribution in [1.82, 2.24) is 4.98 Å². The van der Waals surface area contributed by atoms with Crippen LogP contribution < -0.4 is 10.1 Å². The minimum atomic E-state index is 0.770. The van der Waals surface area contributed by atoms with Gasteiger partial charge in [-0.3, -0.25) is 0 Å². The van der Waals surface area contributed by atoms with E-state index in [0.29, 0.717) is 0 Å². The summed E-state index contributed by atoms with van der Waals surface area (Å²) >= 11 is 0. The second kappa shape index (κ2) is 7.41. The van der Waals surface area contributed by atoms with Gasteiger partial charge in [-0.25, -0.2) is 4.98 Å². The van der Waals surface area contributed by atoms with Crippen molar-refractivity contribution in [3.05, 3.63) is 54.2 Å². The maximum absolute atomic E-state index is 5.63. The molecule has 1 aromatic carbocycles. The molecule has 0 radical (unpaired) electrons. The van der Waals surface area contributed by atoms with Crippen molar-refractivity contribution in [3.8, 4) is 5.75 Å². The minimum absolute atomic E-state index is 0.770. The summed E-state index contributed by atoms with van der Waals surface area (Å²) in [6.45, 7) is 3.73. The molecule has 0 aliphatic carbocycles. The molecule has 3 heteroatoms. The van der Waals surface area contributed by atoms with Crippen LogP contribution in [-0.2, 0) is 6.54 Å². The van der Waals surface area contributed by atoms with Gasteiger partial charge in [-0.05, 0) is 36.2 Å². The Kier molecular flexibility index (Phi) is 5.23. The summed E-state index contributed by atoms with van der Waals surface area (Å²) in [5, 5.41) is 3.28. The Morgan fingerprint density at radius 1 is 1.11 bits per heavy atom. The summed E-state index contributed by atoms with van der Waals surface area (Å²) in [4.78, 5) is 4.23. The zero-order chi connectivity index (χ0) is 13.3. The molecule has 2 rings (SSSR count). The quantitative estimate of drug-likeness (QED) is 0.763. The zero-order valence-electron chi connectivity index (χ0n) is 11.3. The molecule has 0 amide bonds. The van der Waals surface area contributed by atoms with Crippen molar-refractivity contribution in [3.63, 3.8) is 0 Å². The number of nitrogens with one attached hydrogen (secondary N) is 1. The Bertz CT molecular complexity index is 468. The number of hydrogen-bond acceptors (Lipinski definition) is 3.